The van der Waals surface area contributed by atoms with Crippen molar-refractivity contribution in [1.29, 1.82) is 0 Å². The molecule has 3 heterocycles. The van der Waals surface area contributed by atoms with Crippen LogP contribution < -0.4 is 0 Å². The maximum atomic E-state index is 12.4. The molecule has 2 aromatic rings. The molecule has 2 aromatic heterocycles. The quantitative estimate of drug-likeness (QED) is 0.852. The van der Waals surface area contributed by atoms with E-state index in [0.717, 1.165) is 32.2 Å². The summed E-state index contributed by atoms with van der Waals surface area (Å²) in [5.74, 6) is 1.45. The Morgan fingerprint density at radius 3 is 2.82 bits per heavy atom. The van der Waals surface area contributed by atoms with Gasteiger partial charge in [-0.2, -0.15) is 4.98 Å². The highest BCUT2D eigenvalue weighted by molar-refractivity contribution is 5.78. The third-order valence-electron chi connectivity index (χ3n) is 4.51. The van der Waals surface area contributed by atoms with E-state index in [1.165, 1.54) is 0 Å². The second kappa shape index (κ2) is 5.15. The molecule has 2 fully saturated rings. The molecule has 7 nitrogen and oxygen atoms in total. The molecule has 7 heteroatoms. The number of aryl methyl sites for hydroxylation is 1. The molecule has 1 saturated heterocycles. The minimum Gasteiger partial charge on any atom is -0.339 e. The second-order valence-corrected chi connectivity index (χ2v) is 5.96. The third-order valence-corrected chi connectivity index (χ3v) is 4.51. The Bertz CT molecular complexity index is 680. The van der Waals surface area contributed by atoms with E-state index in [4.69, 9.17) is 4.52 Å². The fraction of sp³-hybridized carbons (Fsp3) is 0.533. The molecular weight excluding hydrogens is 282 g/mol. The van der Waals surface area contributed by atoms with Gasteiger partial charge >= 0.3 is 0 Å². The van der Waals surface area contributed by atoms with Gasteiger partial charge in [-0.25, -0.2) is 9.97 Å². The predicted molar refractivity (Wildman–Crippen MR) is 76.6 cm³/mol. The molecule has 0 atom stereocenters. The fourth-order valence-electron chi connectivity index (χ4n) is 3.20. The predicted octanol–water partition coefficient (Wildman–Crippen LogP) is 1.61. The maximum absolute atomic E-state index is 12.4. The molecule has 0 N–H and O–H groups in total. The molecular formula is C15H17N5O2. The van der Waals surface area contributed by atoms with Gasteiger partial charge in [-0.15, -0.1) is 0 Å². The number of aromatic nitrogens is 4. The van der Waals surface area contributed by atoms with E-state index < -0.39 is 0 Å². The van der Waals surface area contributed by atoms with Crippen LogP contribution in [0.3, 0.4) is 0 Å². The number of amides is 1. The highest BCUT2D eigenvalue weighted by Gasteiger charge is 2.52. The Labute approximate surface area is 127 Å². The highest BCUT2D eigenvalue weighted by atomic mass is 16.5. The van der Waals surface area contributed by atoms with Crippen LogP contribution in [0.5, 0.6) is 0 Å². The van der Waals surface area contributed by atoms with Crippen LogP contribution in [-0.4, -0.2) is 43.0 Å². The fourth-order valence-corrected chi connectivity index (χ4v) is 3.20. The van der Waals surface area contributed by atoms with Crippen LogP contribution in [0.25, 0.3) is 11.6 Å². The summed E-state index contributed by atoms with van der Waals surface area (Å²) in [6.45, 7) is 0.895. The normalized spacial score (nSPS) is 18.8. The summed E-state index contributed by atoms with van der Waals surface area (Å²) >= 11 is 0. The largest absolute Gasteiger partial charge is 0.339 e. The average molecular weight is 299 g/mol. The van der Waals surface area contributed by atoms with Crippen molar-refractivity contribution in [2.75, 3.05) is 6.54 Å². The van der Waals surface area contributed by atoms with Crippen molar-refractivity contribution in [2.24, 2.45) is 0 Å². The molecule has 1 aliphatic heterocycles. The Balaban J connectivity index is 1.38. The smallest absolute Gasteiger partial charge is 0.240 e. The van der Waals surface area contributed by atoms with Crippen molar-refractivity contribution >= 4 is 5.91 Å². The number of likely N-dealkylation sites (tertiary alicyclic amines) is 1. The van der Waals surface area contributed by atoms with Crippen molar-refractivity contribution in [1.82, 2.24) is 25.0 Å². The van der Waals surface area contributed by atoms with E-state index in [0.29, 0.717) is 30.4 Å². The number of hydrogen-bond acceptors (Lipinski definition) is 6. The van der Waals surface area contributed by atoms with E-state index in [1.54, 1.807) is 18.5 Å². The molecule has 1 aliphatic carbocycles. The molecule has 0 unspecified atom stereocenters. The zero-order chi connectivity index (χ0) is 15.0. The van der Waals surface area contributed by atoms with Crippen LogP contribution in [0.15, 0.2) is 23.0 Å². The van der Waals surface area contributed by atoms with Crippen molar-refractivity contribution in [3.05, 3.63) is 24.4 Å². The lowest BCUT2D eigenvalue weighted by molar-refractivity contribution is -0.132. The van der Waals surface area contributed by atoms with Gasteiger partial charge in [-0.1, -0.05) is 5.16 Å². The monoisotopic (exact) mass is 299 g/mol. The molecule has 0 bridgehead atoms. The first-order chi connectivity index (χ1) is 10.8. The van der Waals surface area contributed by atoms with Crippen LogP contribution in [0.2, 0.25) is 0 Å². The van der Waals surface area contributed by atoms with Crippen LogP contribution in [0.1, 0.15) is 38.0 Å². The number of carbonyl (C=O) groups excluding carboxylic acids is 1. The van der Waals surface area contributed by atoms with Gasteiger partial charge in [-0.3, -0.25) is 4.79 Å². The van der Waals surface area contributed by atoms with E-state index in [2.05, 4.69) is 25.0 Å². The maximum Gasteiger partial charge on any atom is 0.240 e. The minimum absolute atomic E-state index is 0.200. The molecule has 22 heavy (non-hydrogen) atoms. The van der Waals surface area contributed by atoms with Gasteiger partial charge in [0.25, 0.3) is 0 Å². The van der Waals surface area contributed by atoms with Gasteiger partial charge in [0.05, 0.1) is 0 Å². The zero-order valence-electron chi connectivity index (χ0n) is 12.2. The minimum atomic E-state index is 0.200. The number of hydrogen-bond donors (Lipinski definition) is 0. The zero-order valence-corrected chi connectivity index (χ0v) is 12.2. The van der Waals surface area contributed by atoms with Gasteiger partial charge < -0.3 is 9.42 Å². The number of carbonyl (C=O) groups is 1. The Hall–Kier alpha value is -2.31. The van der Waals surface area contributed by atoms with Crippen molar-refractivity contribution < 1.29 is 9.32 Å². The second-order valence-electron chi connectivity index (χ2n) is 5.96. The summed E-state index contributed by atoms with van der Waals surface area (Å²) < 4.78 is 5.19. The average Bonchev–Trinajstić information content (AvgIpc) is 2.99. The number of rotatable bonds is 4. The van der Waals surface area contributed by atoms with Gasteiger partial charge in [0.2, 0.25) is 23.4 Å². The molecule has 2 aliphatic rings. The SMILES string of the molecule is O=C(CCc1nc(-c2ncccn2)no1)N1CCCC12CC2. The van der Waals surface area contributed by atoms with Gasteiger partial charge in [0.1, 0.15) is 0 Å². The highest BCUT2D eigenvalue weighted by Crippen LogP contribution is 2.49. The topological polar surface area (TPSA) is 85.0 Å². The summed E-state index contributed by atoms with van der Waals surface area (Å²) in [4.78, 5) is 26.8. The van der Waals surface area contributed by atoms with Crippen LogP contribution in [-0.2, 0) is 11.2 Å². The van der Waals surface area contributed by atoms with E-state index in [-0.39, 0.29) is 11.4 Å². The van der Waals surface area contributed by atoms with E-state index in [1.807, 2.05) is 0 Å². The molecule has 1 saturated carbocycles. The molecule has 0 radical (unpaired) electrons. The Kier molecular flexibility index (Phi) is 3.13. The first-order valence-electron chi connectivity index (χ1n) is 7.67. The lowest BCUT2D eigenvalue weighted by Gasteiger charge is -2.24. The summed E-state index contributed by atoms with van der Waals surface area (Å²) in [5, 5.41) is 3.87. The van der Waals surface area contributed by atoms with Crippen LogP contribution in [0.4, 0.5) is 0 Å². The third kappa shape index (κ3) is 2.36. The molecule has 1 spiro atoms. The molecule has 1 amide bonds. The van der Waals surface area contributed by atoms with E-state index in [9.17, 15) is 4.79 Å². The summed E-state index contributed by atoms with van der Waals surface area (Å²) in [5.41, 5.74) is 0.203. The lowest BCUT2D eigenvalue weighted by Crippen LogP contribution is -2.37. The standard InChI is InChI=1S/C15H17N5O2/c21-12(20-10-1-5-15(20)6-7-15)4-3-11-18-14(19-22-11)13-16-8-2-9-17-13/h2,8-9H,1,3-7,10H2. The van der Waals surface area contributed by atoms with Crippen molar-refractivity contribution in [3.8, 4) is 11.6 Å². The van der Waals surface area contributed by atoms with E-state index >= 15 is 0 Å². The summed E-state index contributed by atoms with van der Waals surface area (Å²) in [6, 6.07) is 1.73. The molecule has 114 valence electrons. The van der Waals surface area contributed by atoms with Crippen LogP contribution in [0, 0.1) is 0 Å². The van der Waals surface area contributed by atoms with Gasteiger partial charge in [0.15, 0.2) is 0 Å². The Morgan fingerprint density at radius 1 is 1.23 bits per heavy atom. The number of nitrogens with zero attached hydrogens (tertiary/aromatic N) is 5. The Morgan fingerprint density at radius 2 is 2.05 bits per heavy atom. The first kappa shape index (κ1) is 13.4. The first-order valence-corrected chi connectivity index (χ1v) is 7.67. The summed E-state index contributed by atoms with van der Waals surface area (Å²) in [7, 11) is 0. The van der Waals surface area contributed by atoms with Crippen LogP contribution >= 0.6 is 0 Å². The molecule has 0 aromatic carbocycles. The van der Waals surface area contributed by atoms with Crippen molar-refractivity contribution in [3.63, 3.8) is 0 Å². The van der Waals surface area contributed by atoms with Gasteiger partial charge in [-0.05, 0) is 31.7 Å². The van der Waals surface area contributed by atoms with Gasteiger partial charge in [0, 0.05) is 37.3 Å². The molecule has 4 rings (SSSR count). The summed E-state index contributed by atoms with van der Waals surface area (Å²) in [6.07, 6.45) is 8.75. The lowest BCUT2D eigenvalue weighted by atomic mass is 10.2. The van der Waals surface area contributed by atoms with Crippen molar-refractivity contribution in [2.45, 2.75) is 44.1 Å².